The minimum Gasteiger partial charge on any atom is -0.393 e. The molecule has 0 aromatic carbocycles. The van der Waals surface area contributed by atoms with Gasteiger partial charge in [-0.2, -0.15) is 0 Å². The Morgan fingerprint density at radius 2 is 1.56 bits per heavy atom. The van der Waals surface area contributed by atoms with E-state index in [4.69, 9.17) is 15.3 Å². The molecule has 0 aromatic heterocycles. The Balaban J connectivity index is 2.35. The molecule has 9 heavy (non-hydrogen) atoms. The van der Waals surface area contributed by atoms with Crippen LogP contribution in [0.15, 0.2) is 0 Å². The lowest BCUT2D eigenvalue weighted by atomic mass is 9.93. The van der Waals surface area contributed by atoms with E-state index in [1.165, 1.54) is 0 Å². The van der Waals surface area contributed by atoms with Gasteiger partial charge in [0.25, 0.3) is 0 Å². The molecule has 0 saturated heterocycles. The first-order valence-corrected chi connectivity index (χ1v) is 3.24. The molecule has 1 unspecified atom stereocenters. The molecule has 3 nitrogen and oxygen atoms in total. The normalized spacial score (nSPS) is 45.0. The molecule has 0 heterocycles. The molecule has 3 heteroatoms. The SMILES string of the molecule is OC1C[C@H](O)CC[C@@H]1O. The van der Waals surface area contributed by atoms with Crippen molar-refractivity contribution in [2.45, 2.75) is 37.6 Å². The van der Waals surface area contributed by atoms with E-state index in [9.17, 15) is 0 Å². The van der Waals surface area contributed by atoms with E-state index in [-0.39, 0.29) is 0 Å². The number of aliphatic hydroxyl groups excluding tert-OH is 3. The fraction of sp³-hybridized carbons (Fsp3) is 1.00. The van der Waals surface area contributed by atoms with Gasteiger partial charge >= 0.3 is 0 Å². The lowest BCUT2D eigenvalue weighted by Crippen LogP contribution is -2.35. The van der Waals surface area contributed by atoms with E-state index in [0.717, 1.165) is 0 Å². The highest BCUT2D eigenvalue weighted by Crippen LogP contribution is 2.18. The average molecular weight is 132 g/mol. The molecule has 0 bridgehead atoms. The van der Waals surface area contributed by atoms with E-state index in [0.29, 0.717) is 19.3 Å². The zero-order chi connectivity index (χ0) is 6.85. The molecule has 0 spiro atoms. The summed E-state index contributed by atoms with van der Waals surface area (Å²) in [6.07, 6.45) is -0.299. The molecule has 0 aliphatic heterocycles. The van der Waals surface area contributed by atoms with Crippen LogP contribution in [0.3, 0.4) is 0 Å². The summed E-state index contributed by atoms with van der Waals surface area (Å²) in [6, 6.07) is 0. The second kappa shape index (κ2) is 2.64. The number of aliphatic hydroxyl groups is 3. The summed E-state index contributed by atoms with van der Waals surface area (Å²) in [5.41, 5.74) is 0. The summed E-state index contributed by atoms with van der Waals surface area (Å²) < 4.78 is 0. The molecule has 3 N–H and O–H groups in total. The fourth-order valence-corrected chi connectivity index (χ4v) is 1.11. The van der Waals surface area contributed by atoms with Crippen LogP contribution >= 0.6 is 0 Å². The van der Waals surface area contributed by atoms with Crippen LogP contribution in [0.25, 0.3) is 0 Å². The predicted molar refractivity (Wildman–Crippen MR) is 31.9 cm³/mol. The summed E-state index contributed by atoms with van der Waals surface area (Å²) in [5, 5.41) is 26.8. The molecule has 0 amide bonds. The maximum atomic E-state index is 8.94. The molecule has 1 fully saturated rings. The largest absolute Gasteiger partial charge is 0.393 e. The minimum absolute atomic E-state index is 0.321. The lowest BCUT2D eigenvalue weighted by Gasteiger charge is -2.26. The van der Waals surface area contributed by atoms with Gasteiger partial charge in [-0.15, -0.1) is 0 Å². The van der Waals surface area contributed by atoms with Crippen molar-refractivity contribution in [1.29, 1.82) is 0 Å². The van der Waals surface area contributed by atoms with Crippen molar-refractivity contribution in [2.24, 2.45) is 0 Å². The van der Waals surface area contributed by atoms with Gasteiger partial charge < -0.3 is 15.3 Å². The molecule has 0 radical (unpaired) electrons. The van der Waals surface area contributed by atoms with Gasteiger partial charge in [-0.3, -0.25) is 0 Å². The first-order chi connectivity index (χ1) is 4.20. The van der Waals surface area contributed by atoms with Gasteiger partial charge in [-0.1, -0.05) is 0 Å². The third-order valence-electron chi connectivity index (χ3n) is 1.75. The first-order valence-electron chi connectivity index (χ1n) is 3.24. The summed E-state index contributed by atoms with van der Waals surface area (Å²) >= 11 is 0. The predicted octanol–water partition coefficient (Wildman–Crippen LogP) is -0.747. The van der Waals surface area contributed by atoms with Crippen molar-refractivity contribution in [3.63, 3.8) is 0 Å². The summed E-state index contributed by atoms with van der Waals surface area (Å²) in [7, 11) is 0. The standard InChI is InChI=1S/C6H12O3/c7-4-1-2-5(8)6(9)3-4/h4-9H,1-3H2/t4-,5+,6?/m1/s1. The highest BCUT2D eigenvalue weighted by Gasteiger charge is 2.25. The van der Waals surface area contributed by atoms with Gasteiger partial charge in [0, 0.05) is 6.42 Å². The van der Waals surface area contributed by atoms with Gasteiger partial charge in [-0.25, -0.2) is 0 Å². The first kappa shape index (κ1) is 6.99. The van der Waals surface area contributed by atoms with Crippen LogP contribution in [-0.2, 0) is 0 Å². The Bertz CT molecular complexity index is 94.3. The molecular formula is C6H12O3. The average Bonchev–Trinajstić information content (AvgIpc) is 1.80. The summed E-state index contributed by atoms with van der Waals surface area (Å²) in [4.78, 5) is 0. The van der Waals surface area contributed by atoms with E-state index in [2.05, 4.69) is 0 Å². The van der Waals surface area contributed by atoms with E-state index >= 15 is 0 Å². The third-order valence-corrected chi connectivity index (χ3v) is 1.75. The molecule has 1 saturated carbocycles. The summed E-state index contributed by atoms with van der Waals surface area (Å²) in [6.45, 7) is 0. The van der Waals surface area contributed by atoms with Crippen LogP contribution in [0.2, 0.25) is 0 Å². The highest BCUT2D eigenvalue weighted by atomic mass is 16.3. The Morgan fingerprint density at radius 1 is 0.889 bits per heavy atom. The van der Waals surface area contributed by atoms with E-state index < -0.39 is 18.3 Å². The smallest absolute Gasteiger partial charge is 0.0823 e. The van der Waals surface area contributed by atoms with Crippen molar-refractivity contribution >= 4 is 0 Å². The molecule has 1 rings (SSSR count). The molecule has 1 aliphatic carbocycles. The molecule has 1 aliphatic rings. The zero-order valence-corrected chi connectivity index (χ0v) is 5.20. The van der Waals surface area contributed by atoms with Crippen LogP contribution in [0.5, 0.6) is 0 Å². The van der Waals surface area contributed by atoms with Gasteiger partial charge in [-0.05, 0) is 12.8 Å². The van der Waals surface area contributed by atoms with Crippen molar-refractivity contribution < 1.29 is 15.3 Å². The number of hydrogen-bond acceptors (Lipinski definition) is 3. The van der Waals surface area contributed by atoms with Gasteiger partial charge in [0.2, 0.25) is 0 Å². The third kappa shape index (κ3) is 1.64. The minimum atomic E-state index is -0.714. The van der Waals surface area contributed by atoms with Gasteiger partial charge in [0.05, 0.1) is 18.3 Å². The van der Waals surface area contributed by atoms with Crippen molar-refractivity contribution in [3.8, 4) is 0 Å². The Hall–Kier alpha value is -0.120. The molecule has 54 valence electrons. The molecule has 0 aromatic rings. The summed E-state index contributed by atoms with van der Waals surface area (Å²) in [5.74, 6) is 0. The Morgan fingerprint density at radius 3 is 2.00 bits per heavy atom. The van der Waals surface area contributed by atoms with Gasteiger partial charge in [0.1, 0.15) is 0 Å². The highest BCUT2D eigenvalue weighted by molar-refractivity contribution is 4.77. The monoisotopic (exact) mass is 132 g/mol. The molecule has 3 atom stereocenters. The van der Waals surface area contributed by atoms with Crippen molar-refractivity contribution in [1.82, 2.24) is 0 Å². The van der Waals surface area contributed by atoms with Crippen molar-refractivity contribution in [2.75, 3.05) is 0 Å². The molecular weight excluding hydrogens is 120 g/mol. The van der Waals surface area contributed by atoms with Gasteiger partial charge in [0.15, 0.2) is 0 Å². The lowest BCUT2D eigenvalue weighted by molar-refractivity contribution is -0.0494. The van der Waals surface area contributed by atoms with Crippen molar-refractivity contribution in [3.05, 3.63) is 0 Å². The Kier molecular flexibility index (Phi) is 2.05. The fourth-order valence-electron chi connectivity index (χ4n) is 1.11. The maximum absolute atomic E-state index is 8.94. The second-order valence-electron chi connectivity index (χ2n) is 2.60. The van der Waals surface area contributed by atoms with Crippen LogP contribution < -0.4 is 0 Å². The maximum Gasteiger partial charge on any atom is 0.0823 e. The van der Waals surface area contributed by atoms with Crippen LogP contribution in [0, 0.1) is 0 Å². The number of hydrogen-bond donors (Lipinski definition) is 3. The topological polar surface area (TPSA) is 60.7 Å². The van der Waals surface area contributed by atoms with E-state index in [1.54, 1.807) is 0 Å². The second-order valence-corrected chi connectivity index (χ2v) is 2.60. The zero-order valence-electron chi connectivity index (χ0n) is 5.20. The quantitative estimate of drug-likeness (QED) is 0.406. The Labute approximate surface area is 53.9 Å². The van der Waals surface area contributed by atoms with Crippen LogP contribution in [-0.4, -0.2) is 33.6 Å². The van der Waals surface area contributed by atoms with Crippen LogP contribution in [0.1, 0.15) is 19.3 Å². The van der Waals surface area contributed by atoms with E-state index in [1.807, 2.05) is 0 Å². The van der Waals surface area contributed by atoms with Crippen LogP contribution in [0.4, 0.5) is 0 Å². The number of rotatable bonds is 0.